The molecule has 1 aliphatic carbocycles. The number of nitrogens with zero attached hydrogens (tertiary/aromatic N) is 2. The molecular weight excluding hydrogens is 180 g/mol. The van der Waals surface area contributed by atoms with E-state index >= 15 is 0 Å². The number of hydrogen-bond donors (Lipinski definition) is 0. The minimum atomic E-state index is 0.133. The van der Waals surface area contributed by atoms with Crippen LogP contribution in [-0.4, -0.2) is 47.3 Å². The van der Waals surface area contributed by atoms with Gasteiger partial charge in [0.15, 0.2) is 0 Å². The summed E-state index contributed by atoms with van der Waals surface area (Å²) in [5.74, 6) is 0.155. The number of Topliss-reactive ketones (excluding diaryl/α,β-unsaturated/α-hetero) is 1. The Morgan fingerprint density at radius 1 is 1.43 bits per heavy atom. The number of amides is 2. The Kier molecular flexibility index (Phi) is 2.44. The normalized spacial score (nSPS) is 21.9. The lowest BCUT2D eigenvalue weighted by atomic mass is 10.3. The zero-order valence-electron chi connectivity index (χ0n) is 8.53. The predicted molar refractivity (Wildman–Crippen MR) is 52.0 cm³/mol. The van der Waals surface area contributed by atoms with Crippen molar-refractivity contribution in [1.82, 2.24) is 9.80 Å². The van der Waals surface area contributed by atoms with Gasteiger partial charge in [-0.15, -0.1) is 0 Å². The van der Waals surface area contributed by atoms with Crippen LogP contribution in [0.5, 0.6) is 0 Å². The fraction of sp³-hybridized carbons (Fsp3) is 0.800. The molecule has 0 aromatic carbocycles. The quantitative estimate of drug-likeness (QED) is 0.669. The smallest absolute Gasteiger partial charge is 0.320 e. The fourth-order valence-corrected chi connectivity index (χ4v) is 1.83. The molecule has 1 saturated heterocycles. The van der Waals surface area contributed by atoms with Gasteiger partial charge in [0, 0.05) is 32.1 Å². The Hall–Kier alpha value is -1.06. The van der Waals surface area contributed by atoms with Crippen LogP contribution in [0.2, 0.25) is 0 Å². The van der Waals surface area contributed by atoms with Gasteiger partial charge in [0.25, 0.3) is 0 Å². The van der Waals surface area contributed by atoms with E-state index in [-0.39, 0.29) is 11.8 Å². The van der Waals surface area contributed by atoms with E-state index < -0.39 is 0 Å². The zero-order valence-corrected chi connectivity index (χ0v) is 8.53. The topological polar surface area (TPSA) is 40.6 Å². The third-order valence-electron chi connectivity index (χ3n) is 2.85. The second-order valence-corrected chi connectivity index (χ2v) is 4.15. The molecule has 0 aromatic heterocycles. The molecule has 0 spiro atoms. The summed E-state index contributed by atoms with van der Waals surface area (Å²) < 4.78 is 0. The third-order valence-corrected chi connectivity index (χ3v) is 2.85. The van der Waals surface area contributed by atoms with Gasteiger partial charge in [-0.25, -0.2) is 4.79 Å². The minimum Gasteiger partial charge on any atom is -0.322 e. The molecule has 2 aliphatic rings. The van der Waals surface area contributed by atoms with Gasteiger partial charge in [-0.1, -0.05) is 0 Å². The van der Waals surface area contributed by atoms with Gasteiger partial charge in [-0.2, -0.15) is 0 Å². The van der Waals surface area contributed by atoms with Crippen LogP contribution in [0.15, 0.2) is 0 Å². The molecule has 0 aromatic rings. The van der Waals surface area contributed by atoms with Gasteiger partial charge in [-0.3, -0.25) is 4.79 Å². The van der Waals surface area contributed by atoms with E-state index in [1.54, 1.807) is 11.8 Å². The molecule has 2 amide bonds. The molecular formula is C10H16N2O2. The maximum absolute atomic E-state index is 11.7. The lowest BCUT2D eigenvalue weighted by Crippen LogP contribution is -2.34. The molecule has 1 saturated carbocycles. The van der Waals surface area contributed by atoms with Gasteiger partial charge >= 0.3 is 6.03 Å². The predicted octanol–water partition coefficient (Wildman–Crippen LogP) is 0.865. The van der Waals surface area contributed by atoms with Crippen molar-refractivity contribution in [1.29, 1.82) is 0 Å². The molecule has 0 unspecified atom stereocenters. The average molecular weight is 196 g/mol. The highest BCUT2D eigenvalue weighted by Gasteiger charge is 2.38. The number of ketones is 1. The Bertz CT molecular complexity index is 261. The molecule has 78 valence electrons. The second kappa shape index (κ2) is 3.59. The summed E-state index contributed by atoms with van der Waals surface area (Å²) in [7, 11) is 0. The number of rotatable bonds is 4. The van der Waals surface area contributed by atoms with Crippen molar-refractivity contribution in [2.24, 2.45) is 0 Å². The number of urea groups is 1. The minimum absolute atomic E-state index is 0.133. The number of carbonyl (C=O) groups excluding carboxylic acids is 2. The van der Waals surface area contributed by atoms with Crippen LogP contribution < -0.4 is 0 Å². The molecule has 4 nitrogen and oxygen atoms in total. The summed E-state index contributed by atoms with van der Waals surface area (Å²) in [5, 5.41) is 0. The van der Waals surface area contributed by atoms with Crippen LogP contribution in [-0.2, 0) is 4.79 Å². The van der Waals surface area contributed by atoms with Gasteiger partial charge in [0.2, 0.25) is 0 Å². The van der Waals surface area contributed by atoms with Crippen molar-refractivity contribution in [2.75, 3.05) is 19.6 Å². The van der Waals surface area contributed by atoms with E-state index in [2.05, 4.69) is 0 Å². The van der Waals surface area contributed by atoms with Crippen molar-refractivity contribution in [2.45, 2.75) is 32.2 Å². The third kappa shape index (κ3) is 1.89. The van der Waals surface area contributed by atoms with E-state index in [4.69, 9.17) is 0 Å². The van der Waals surface area contributed by atoms with Crippen molar-refractivity contribution < 1.29 is 9.59 Å². The lowest BCUT2D eigenvalue weighted by molar-refractivity contribution is -0.117. The first-order chi connectivity index (χ1) is 6.68. The SMILES string of the molecule is CC(=O)CCN1CCN(C2CC2)C1=O. The Labute approximate surface area is 83.9 Å². The van der Waals surface area contributed by atoms with Crippen molar-refractivity contribution in [3.05, 3.63) is 0 Å². The monoisotopic (exact) mass is 196 g/mol. The highest BCUT2D eigenvalue weighted by atomic mass is 16.2. The summed E-state index contributed by atoms with van der Waals surface area (Å²) >= 11 is 0. The van der Waals surface area contributed by atoms with Crippen LogP contribution in [0.3, 0.4) is 0 Å². The number of hydrogen-bond acceptors (Lipinski definition) is 2. The molecule has 0 bridgehead atoms. The maximum Gasteiger partial charge on any atom is 0.320 e. The van der Waals surface area contributed by atoms with E-state index in [0.717, 1.165) is 25.9 Å². The summed E-state index contributed by atoms with van der Waals surface area (Å²) in [4.78, 5) is 26.3. The second-order valence-electron chi connectivity index (χ2n) is 4.15. The molecule has 14 heavy (non-hydrogen) atoms. The van der Waals surface area contributed by atoms with Crippen LogP contribution in [0.4, 0.5) is 4.79 Å². The first kappa shape index (κ1) is 9.49. The maximum atomic E-state index is 11.7. The zero-order chi connectivity index (χ0) is 10.1. The van der Waals surface area contributed by atoms with Crippen molar-refractivity contribution >= 4 is 11.8 Å². The Balaban J connectivity index is 1.83. The van der Waals surface area contributed by atoms with E-state index in [9.17, 15) is 9.59 Å². The van der Waals surface area contributed by atoms with Gasteiger partial charge in [0.05, 0.1) is 0 Å². The highest BCUT2D eigenvalue weighted by Crippen LogP contribution is 2.29. The van der Waals surface area contributed by atoms with Crippen molar-refractivity contribution in [3.63, 3.8) is 0 Å². The first-order valence-corrected chi connectivity index (χ1v) is 5.23. The molecule has 0 N–H and O–H groups in total. The number of carbonyl (C=O) groups is 2. The molecule has 2 fully saturated rings. The molecule has 0 atom stereocenters. The van der Waals surface area contributed by atoms with Crippen LogP contribution in [0.1, 0.15) is 26.2 Å². The van der Waals surface area contributed by atoms with E-state index in [0.29, 0.717) is 19.0 Å². The molecule has 4 heteroatoms. The Morgan fingerprint density at radius 3 is 2.71 bits per heavy atom. The van der Waals surface area contributed by atoms with Gasteiger partial charge < -0.3 is 9.80 Å². The first-order valence-electron chi connectivity index (χ1n) is 5.23. The molecule has 1 heterocycles. The molecule has 2 rings (SSSR count). The van der Waals surface area contributed by atoms with Crippen LogP contribution in [0, 0.1) is 0 Å². The summed E-state index contributed by atoms with van der Waals surface area (Å²) in [6.45, 7) is 3.81. The van der Waals surface area contributed by atoms with Gasteiger partial charge in [0.1, 0.15) is 5.78 Å². The summed E-state index contributed by atoms with van der Waals surface area (Å²) in [6.07, 6.45) is 2.81. The highest BCUT2D eigenvalue weighted by molar-refractivity contribution is 5.79. The van der Waals surface area contributed by atoms with E-state index in [1.165, 1.54) is 0 Å². The largest absolute Gasteiger partial charge is 0.322 e. The van der Waals surface area contributed by atoms with Crippen molar-refractivity contribution in [3.8, 4) is 0 Å². The standard InChI is InChI=1S/C10H16N2O2/c1-8(13)4-5-11-6-7-12(10(11)14)9-2-3-9/h9H,2-7H2,1H3. The Morgan fingerprint density at radius 2 is 2.14 bits per heavy atom. The lowest BCUT2D eigenvalue weighted by Gasteiger charge is -2.17. The molecule has 0 radical (unpaired) electrons. The van der Waals surface area contributed by atoms with Crippen LogP contribution in [0.25, 0.3) is 0 Å². The average Bonchev–Trinajstić information content (AvgIpc) is 2.89. The fourth-order valence-electron chi connectivity index (χ4n) is 1.83. The molecule has 1 aliphatic heterocycles. The summed E-state index contributed by atoms with van der Waals surface area (Å²) in [6, 6.07) is 0.638. The van der Waals surface area contributed by atoms with Crippen LogP contribution >= 0.6 is 0 Å². The van der Waals surface area contributed by atoms with Gasteiger partial charge in [-0.05, 0) is 19.8 Å². The van der Waals surface area contributed by atoms with E-state index in [1.807, 2.05) is 4.90 Å². The summed E-state index contributed by atoms with van der Waals surface area (Å²) in [5.41, 5.74) is 0.